The summed E-state index contributed by atoms with van der Waals surface area (Å²) in [7, 11) is 0. The van der Waals surface area contributed by atoms with Crippen LogP contribution in [0.3, 0.4) is 0 Å². The summed E-state index contributed by atoms with van der Waals surface area (Å²) in [4.78, 5) is 10.3. The van der Waals surface area contributed by atoms with Crippen molar-refractivity contribution in [2.45, 2.75) is 32.4 Å². The minimum Gasteiger partial charge on any atom is -0.480 e. The first-order valence-corrected chi connectivity index (χ1v) is 4.49. The predicted molar refractivity (Wildman–Crippen MR) is 55.4 cm³/mol. The van der Waals surface area contributed by atoms with Gasteiger partial charge in [-0.05, 0) is 19.9 Å². The number of carboxylic acid groups (broad SMARTS) is 1. The lowest BCUT2D eigenvalue weighted by Gasteiger charge is -2.10. The number of nitrogens with one attached hydrogen (secondary N) is 2. The van der Waals surface area contributed by atoms with Gasteiger partial charge in [0.25, 0.3) is 0 Å². The number of hydrogen-bond acceptors (Lipinski definition) is 3. The van der Waals surface area contributed by atoms with Crippen molar-refractivity contribution in [2.75, 3.05) is 0 Å². The number of hydrogen-bond donors (Lipinski definition) is 4. The molecule has 0 aliphatic carbocycles. The van der Waals surface area contributed by atoms with Crippen molar-refractivity contribution in [3.63, 3.8) is 0 Å². The number of aliphatic carboxylic acids is 1. The first-order valence-electron chi connectivity index (χ1n) is 4.49. The summed E-state index contributed by atoms with van der Waals surface area (Å²) in [6.07, 6.45) is 0.874. The Balaban J connectivity index is 4.18. The van der Waals surface area contributed by atoms with Crippen LogP contribution >= 0.6 is 0 Å². The maximum Gasteiger partial charge on any atom is 0.320 e. The zero-order valence-corrected chi connectivity index (χ0v) is 8.75. The van der Waals surface area contributed by atoms with Gasteiger partial charge in [0.2, 0.25) is 0 Å². The molecule has 0 aliphatic rings. The third-order valence-electron chi connectivity index (χ3n) is 1.61. The van der Waals surface area contributed by atoms with E-state index in [4.69, 9.17) is 16.2 Å². The molecule has 0 saturated heterocycles. The first kappa shape index (κ1) is 13.6. The molecule has 0 aromatic rings. The molecule has 6 heteroatoms. The topological polar surface area (TPSA) is 99.2 Å². The minimum absolute atomic E-state index is 0.217. The standard InChI is InChI=1S/C9H16FN3O2/c1-5(13-6(2)11)3-7(10)4-8(12)9(14)15/h3,5,8H,4,12H2,1-2H3,(H2,11,13)(H,14,15)/b7-3+/t5?,8-/m0/s1. The molecule has 0 amide bonds. The number of halogens is 1. The molecule has 0 bridgehead atoms. The fourth-order valence-corrected chi connectivity index (χ4v) is 1.02. The van der Waals surface area contributed by atoms with Crippen LogP contribution in [0.5, 0.6) is 0 Å². The zero-order chi connectivity index (χ0) is 12.0. The van der Waals surface area contributed by atoms with E-state index in [1.165, 1.54) is 13.0 Å². The molecule has 15 heavy (non-hydrogen) atoms. The van der Waals surface area contributed by atoms with Crippen molar-refractivity contribution >= 4 is 11.8 Å². The van der Waals surface area contributed by atoms with E-state index in [9.17, 15) is 9.18 Å². The van der Waals surface area contributed by atoms with E-state index < -0.39 is 17.8 Å². The number of rotatable bonds is 5. The molecule has 2 atom stereocenters. The van der Waals surface area contributed by atoms with E-state index >= 15 is 0 Å². The Morgan fingerprint density at radius 1 is 1.73 bits per heavy atom. The third kappa shape index (κ3) is 6.62. The van der Waals surface area contributed by atoms with Crippen molar-refractivity contribution in [2.24, 2.45) is 5.73 Å². The van der Waals surface area contributed by atoms with E-state index in [2.05, 4.69) is 5.32 Å². The smallest absolute Gasteiger partial charge is 0.320 e. The van der Waals surface area contributed by atoms with Gasteiger partial charge in [-0.1, -0.05) is 0 Å². The Morgan fingerprint density at radius 3 is 2.67 bits per heavy atom. The molecule has 0 aliphatic heterocycles. The fraction of sp³-hybridized carbons (Fsp3) is 0.556. The highest BCUT2D eigenvalue weighted by Crippen LogP contribution is 2.07. The average molecular weight is 217 g/mol. The van der Waals surface area contributed by atoms with E-state index in [-0.39, 0.29) is 18.3 Å². The quantitative estimate of drug-likeness (QED) is 0.400. The molecule has 0 saturated carbocycles. The van der Waals surface area contributed by atoms with Gasteiger partial charge in [-0.3, -0.25) is 10.2 Å². The Hall–Kier alpha value is -1.43. The van der Waals surface area contributed by atoms with E-state index in [1.54, 1.807) is 6.92 Å². The SMILES string of the molecule is CC(=N)NC(C)/C=C(/F)C[C@H](N)C(=O)O. The van der Waals surface area contributed by atoms with Crippen LogP contribution in [0.2, 0.25) is 0 Å². The second-order valence-corrected chi connectivity index (χ2v) is 3.32. The van der Waals surface area contributed by atoms with Crippen molar-refractivity contribution < 1.29 is 14.3 Å². The van der Waals surface area contributed by atoms with Crippen LogP contribution in [0, 0.1) is 5.41 Å². The van der Waals surface area contributed by atoms with E-state index in [1.807, 2.05) is 0 Å². The van der Waals surface area contributed by atoms with Crippen molar-refractivity contribution in [3.8, 4) is 0 Å². The molecular weight excluding hydrogens is 201 g/mol. The molecule has 86 valence electrons. The number of carboxylic acids is 1. The van der Waals surface area contributed by atoms with Gasteiger partial charge in [0.05, 0.1) is 5.84 Å². The third-order valence-corrected chi connectivity index (χ3v) is 1.61. The summed E-state index contributed by atoms with van der Waals surface area (Å²) in [5.41, 5.74) is 5.15. The predicted octanol–water partition coefficient (Wildman–Crippen LogP) is 0.617. The monoisotopic (exact) mass is 217 g/mol. The summed E-state index contributed by atoms with van der Waals surface area (Å²) in [5, 5.41) is 18.2. The van der Waals surface area contributed by atoms with Gasteiger partial charge in [0.15, 0.2) is 0 Å². The maximum absolute atomic E-state index is 13.1. The molecule has 0 spiro atoms. The van der Waals surface area contributed by atoms with Crippen LogP contribution in [0.1, 0.15) is 20.3 Å². The Kier molecular flexibility index (Phi) is 5.54. The Labute approximate surface area is 87.7 Å². The summed E-state index contributed by atoms with van der Waals surface area (Å²) < 4.78 is 13.1. The lowest BCUT2D eigenvalue weighted by Crippen LogP contribution is -2.31. The second-order valence-electron chi connectivity index (χ2n) is 3.32. The molecule has 0 fully saturated rings. The second kappa shape index (κ2) is 6.13. The van der Waals surface area contributed by atoms with Crippen molar-refractivity contribution in [3.05, 3.63) is 11.9 Å². The number of nitrogens with two attached hydrogens (primary N) is 1. The molecule has 5 N–H and O–H groups in total. The van der Waals surface area contributed by atoms with Gasteiger partial charge >= 0.3 is 5.97 Å². The van der Waals surface area contributed by atoms with E-state index in [0.717, 1.165) is 0 Å². The van der Waals surface area contributed by atoms with E-state index in [0.29, 0.717) is 0 Å². The number of carbonyl (C=O) groups is 1. The molecule has 0 radical (unpaired) electrons. The molecule has 0 aromatic carbocycles. The molecular formula is C9H16FN3O2. The van der Waals surface area contributed by atoms with Gasteiger partial charge in [-0.15, -0.1) is 0 Å². The van der Waals surface area contributed by atoms with Crippen LogP contribution < -0.4 is 11.1 Å². The summed E-state index contributed by atoms with van der Waals surface area (Å²) >= 11 is 0. The largest absolute Gasteiger partial charge is 0.480 e. The molecule has 5 nitrogen and oxygen atoms in total. The van der Waals surface area contributed by atoms with Gasteiger partial charge in [0, 0.05) is 12.5 Å². The highest BCUT2D eigenvalue weighted by Gasteiger charge is 2.14. The van der Waals surface area contributed by atoms with Crippen LogP contribution in [0.25, 0.3) is 0 Å². The van der Waals surface area contributed by atoms with Crippen molar-refractivity contribution in [1.82, 2.24) is 5.32 Å². The zero-order valence-electron chi connectivity index (χ0n) is 8.75. The molecule has 0 heterocycles. The van der Waals surface area contributed by atoms with Gasteiger partial charge < -0.3 is 16.2 Å². The first-order chi connectivity index (χ1) is 6.82. The van der Waals surface area contributed by atoms with Gasteiger partial charge in [-0.25, -0.2) is 4.39 Å². The summed E-state index contributed by atoms with van der Waals surface area (Å²) in [6.45, 7) is 3.19. The highest BCUT2D eigenvalue weighted by atomic mass is 19.1. The molecule has 0 rings (SSSR count). The minimum atomic E-state index is -1.23. The van der Waals surface area contributed by atoms with Crippen LogP contribution in [-0.2, 0) is 4.79 Å². The Bertz CT molecular complexity index is 279. The van der Waals surface area contributed by atoms with Gasteiger partial charge in [-0.2, -0.15) is 0 Å². The highest BCUT2D eigenvalue weighted by molar-refractivity contribution is 5.76. The van der Waals surface area contributed by atoms with Gasteiger partial charge in [0.1, 0.15) is 11.9 Å². The maximum atomic E-state index is 13.1. The van der Waals surface area contributed by atoms with Crippen molar-refractivity contribution in [1.29, 1.82) is 5.41 Å². The normalized spacial score (nSPS) is 15.6. The molecule has 1 unspecified atom stereocenters. The molecule has 0 aromatic heterocycles. The summed E-state index contributed by atoms with van der Waals surface area (Å²) in [5.74, 6) is -1.61. The van der Waals surface area contributed by atoms with Crippen LogP contribution in [-0.4, -0.2) is 29.0 Å². The average Bonchev–Trinajstić information content (AvgIpc) is 2.00. The number of amidine groups is 1. The fourth-order valence-electron chi connectivity index (χ4n) is 1.02. The lowest BCUT2D eigenvalue weighted by atomic mass is 10.1. The summed E-state index contributed by atoms with van der Waals surface area (Å²) in [6, 6.07) is -1.59. The Morgan fingerprint density at radius 2 is 2.27 bits per heavy atom. The van der Waals surface area contributed by atoms with Crippen LogP contribution in [0.15, 0.2) is 11.9 Å². The van der Waals surface area contributed by atoms with Crippen LogP contribution in [0.4, 0.5) is 4.39 Å². The lowest BCUT2D eigenvalue weighted by molar-refractivity contribution is -0.138.